The first-order valence-corrected chi connectivity index (χ1v) is 12.8. The van der Waals surface area contributed by atoms with E-state index < -0.39 is 6.10 Å². The van der Waals surface area contributed by atoms with Crippen molar-refractivity contribution in [3.8, 4) is 16.9 Å². The molecule has 1 fully saturated rings. The van der Waals surface area contributed by atoms with E-state index in [9.17, 15) is 9.90 Å². The van der Waals surface area contributed by atoms with E-state index in [1.54, 1.807) is 0 Å². The number of carbonyl (C=O) groups is 1. The molecule has 0 bridgehead atoms. The smallest absolute Gasteiger partial charge is 0.251 e. The van der Waals surface area contributed by atoms with Gasteiger partial charge in [0.05, 0.1) is 12.7 Å². The number of likely N-dealkylation sites (tertiary alicyclic amines) is 1. The number of aliphatic hydroxyl groups is 1. The number of aliphatic hydroxyl groups excluding tert-OH is 1. The van der Waals surface area contributed by atoms with E-state index in [2.05, 4.69) is 60.6 Å². The zero-order chi connectivity index (χ0) is 25.1. The molecule has 0 spiro atoms. The van der Waals surface area contributed by atoms with Crippen LogP contribution in [0, 0.1) is 6.92 Å². The SMILES string of the molecule is Cc1ccc(-c2ccc3c(c2)C=C(C(=O)Nc2ccc(C(O)C4CCCCN4C)cc2)CCO3)cc1. The van der Waals surface area contributed by atoms with Crippen LogP contribution in [0.1, 0.15) is 48.5 Å². The average Bonchev–Trinajstić information content (AvgIpc) is 3.12. The van der Waals surface area contributed by atoms with Crippen molar-refractivity contribution in [3.05, 3.63) is 89.0 Å². The number of carbonyl (C=O) groups excluding carboxylic acids is 1. The zero-order valence-corrected chi connectivity index (χ0v) is 21.0. The summed E-state index contributed by atoms with van der Waals surface area (Å²) in [6, 6.07) is 22.3. The lowest BCUT2D eigenvalue weighted by Gasteiger charge is -2.35. The van der Waals surface area contributed by atoms with E-state index in [0.717, 1.165) is 47.4 Å². The number of nitrogens with one attached hydrogen (secondary N) is 1. The number of nitrogens with zero attached hydrogens (tertiary/aromatic N) is 1. The van der Waals surface area contributed by atoms with Crippen LogP contribution in [0.4, 0.5) is 5.69 Å². The molecule has 5 heteroatoms. The Morgan fingerprint density at radius 1 is 1.03 bits per heavy atom. The second kappa shape index (κ2) is 10.7. The Bertz CT molecular complexity index is 1250. The van der Waals surface area contributed by atoms with Crippen molar-refractivity contribution in [3.63, 3.8) is 0 Å². The number of hydrogen-bond donors (Lipinski definition) is 2. The van der Waals surface area contributed by atoms with Crippen LogP contribution in [0.15, 0.2) is 72.3 Å². The largest absolute Gasteiger partial charge is 0.493 e. The molecular weight excluding hydrogens is 448 g/mol. The van der Waals surface area contributed by atoms with Gasteiger partial charge in [-0.2, -0.15) is 0 Å². The Balaban J connectivity index is 1.30. The van der Waals surface area contributed by atoms with Crippen LogP contribution in [-0.4, -0.2) is 42.2 Å². The summed E-state index contributed by atoms with van der Waals surface area (Å²) >= 11 is 0. The van der Waals surface area contributed by atoms with Gasteiger partial charge in [-0.3, -0.25) is 4.79 Å². The third-order valence-corrected chi connectivity index (χ3v) is 7.35. The summed E-state index contributed by atoms with van der Waals surface area (Å²) in [5, 5.41) is 13.9. The highest BCUT2D eigenvalue weighted by molar-refractivity contribution is 6.07. The van der Waals surface area contributed by atoms with Crippen LogP contribution in [0.2, 0.25) is 0 Å². The summed E-state index contributed by atoms with van der Waals surface area (Å²) in [6.07, 6.45) is 5.27. The van der Waals surface area contributed by atoms with E-state index in [1.807, 2.05) is 36.4 Å². The lowest BCUT2D eigenvalue weighted by atomic mass is 9.93. The average molecular weight is 483 g/mol. The van der Waals surface area contributed by atoms with Gasteiger partial charge in [-0.1, -0.05) is 54.4 Å². The number of ether oxygens (including phenoxy) is 1. The highest BCUT2D eigenvalue weighted by atomic mass is 16.5. The molecule has 2 heterocycles. The molecule has 3 aromatic rings. The first-order chi connectivity index (χ1) is 17.5. The summed E-state index contributed by atoms with van der Waals surface area (Å²) < 4.78 is 5.93. The van der Waals surface area contributed by atoms with E-state index in [-0.39, 0.29) is 11.9 Å². The quantitative estimate of drug-likeness (QED) is 0.469. The first-order valence-electron chi connectivity index (χ1n) is 12.8. The van der Waals surface area contributed by atoms with Gasteiger partial charge in [-0.25, -0.2) is 0 Å². The van der Waals surface area contributed by atoms with Gasteiger partial charge >= 0.3 is 0 Å². The van der Waals surface area contributed by atoms with Gasteiger partial charge in [-0.15, -0.1) is 0 Å². The molecular formula is C31H34N2O3. The highest BCUT2D eigenvalue weighted by Crippen LogP contribution is 2.32. The van der Waals surface area contributed by atoms with Crippen molar-refractivity contribution >= 4 is 17.7 Å². The maximum absolute atomic E-state index is 13.1. The number of rotatable bonds is 5. The van der Waals surface area contributed by atoms with Crippen LogP contribution in [0.5, 0.6) is 5.75 Å². The fourth-order valence-corrected chi connectivity index (χ4v) is 5.13. The molecule has 3 aromatic carbocycles. The molecule has 186 valence electrons. The van der Waals surface area contributed by atoms with Gasteiger partial charge in [0.15, 0.2) is 0 Å². The molecule has 2 aliphatic heterocycles. The third-order valence-electron chi connectivity index (χ3n) is 7.35. The van der Waals surface area contributed by atoms with Crippen molar-refractivity contribution in [2.24, 2.45) is 0 Å². The van der Waals surface area contributed by atoms with Crippen LogP contribution in [-0.2, 0) is 4.79 Å². The second-order valence-electron chi connectivity index (χ2n) is 9.95. The number of anilines is 1. The number of piperidine rings is 1. The summed E-state index contributed by atoms with van der Waals surface area (Å²) in [5.41, 5.74) is 6.63. The lowest BCUT2D eigenvalue weighted by molar-refractivity contribution is -0.113. The number of benzene rings is 3. The van der Waals surface area contributed by atoms with Crippen molar-refractivity contribution in [1.82, 2.24) is 4.90 Å². The molecule has 5 rings (SSSR count). The molecule has 2 N–H and O–H groups in total. The van der Waals surface area contributed by atoms with Crippen molar-refractivity contribution in [1.29, 1.82) is 0 Å². The maximum Gasteiger partial charge on any atom is 0.251 e. The van der Waals surface area contributed by atoms with Crippen LogP contribution in [0.25, 0.3) is 17.2 Å². The molecule has 36 heavy (non-hydrogen) atoms. The van der Waals surface area contributed by atoms with Crippen molar-refractivity contribution in [2.75, 3.05) is 25.5 Å². The van der Waals surface area contributed by atoms with Gasteiger partial charge in [-0.05, 0) is 80.4 Å². The Morgan fingerprint density at radius 2 is 1.78 bits per heavy atom. The number of aryl methyl sites for hydroxylation is 1. The van der Waals surface area contributed by atoms with Gasteiger partial charge < -0.3 is 20.1 Å². The third kappa shape index (κ3) is 5.38. The van der Waals surface area contributed by atoms with Crippen LogP contribution >= 0.6 is 0 Å². The summed E-state index contributed by atoms with van der Waals surface area (Å²) in [6.45, 7) is 3.55. The second-order valence-corrected chi connectivity index (χ2v) is 9.95. The lowest BCUT2D eigenvalue weighted by Crippen LogP contribution is -2.40. The molecule has 0 aliphatic carbocycles. The molecule has 5 nitrogen and oxygen atoms in total. The molecule has 2 atom stereocenters. The Kier molecular flexibility index (Phi) is 7.21. The molecule has 1 amide bonds. The van der Waals surface area contributed by atoms with Crippen LogP contribution in [0.3, 0.4) is 0 Å². The highest BCUT2D eigenvalue weighted by Gasteiger charge is 2.27. The van der Waals surface area contributed by atoms with Crippen molar-refractivity contribution in [2.45, 2.75) is 44.8 Å². The summed E-state index contributed by atoms with van der Waals surface area (Å²) in [4.78, 5) is 15.4. The normalized spacial score (nSPS) is 18.9. The zero-order valence-electron chi connectivity index (χ0n) is 21.0. The number of fused-ring (bicyclic) bond motifs is 1. The number of amides is 1. The minimum Gasteiger partial charge on any atom is -0.493 e. The molecule has 2 aliphatic rings. The predicted molar refractivity (Wildman–Crippen MR) is 145 cm³/mol. The van der Waals surface area contributed by atoms with Gasteiger partial charge in [0.1, 0.15) is 5.75 Å². The topological polar surface area (TPSA) is 61.8 Å². The number of likely N-dealkylation sites (N-methyl/N-ethyl adjacent to an activating group) is 1. The fraction of sp³-hybridized carbons (Fsp3) is 0.323. The van der Waals surface area contributed by atoms with E-state index in [0.29, 0.717) is 24.3 Å². The van der Waals surface area contributed by atoms with E-state index in [4.69, 9.17) is 4.74 Å². The molecule has 0 radical (unpaired) electrons. The minimum atomic E-state index is -0.527. The molecule has 0 aromatic heterocycles. The summed E-state index contributed by atoms with van der Waals surface area (Å²) in [7, 11) is 2.08. The standard InChI is InChI=1S/C31H34N2O3/c1-21-6-8-22(9-7-21)24-12-15-29-26(19-24)20-25(16-18-36-29)31(35)32-27-13-10-23(11-14-27)30(34)28-5-3-4-17-33(28)2/h6-15,19-20,28,30,34H,3-5,16-18H2,1-2H3,(H,32,35). The maximum atomic E-state index is 13.1. The van der Waals surface area contributed by atoms with Gasteiger partial charge in [0, 0.05) is 29.3 Å². The van der Waals surface area contributed by atoms with E-state index >= 15 is 0 Å². The Labute approximate surface area is 213 Å². The van der Waals surface area contributed by atoms with Crippen LogP contribution < -0.4 is 10.1 Å². The Morgan fingerprint density at radius 3 is 2.53 bits per heavy atom. The minimum absolute atomic E-state index is 0.132. The summed E-state index contributed by atoms with van der Waals surface area (Å²) in [5.74, 6) is 0.659. The Hall–Kier alpha value is -3.41. The fourth-order valence-electron chi connectivity index (χ4n) is 5.13. The molecule has 2 unspecified atom stereocenters. The predicted octanol–water partition coefficient (Wildman–Crippen LogP) is 5.98. The molecule has 1 saturated heterocycles. The van der Waals surface area contributed by atoms with Gasteiger partial charge in [0.25, 0.3) is 5.91 Å². The number of hydrogen-bond acceptors (Lipinski definition) is 4. The van der Waals surface area contributed by atoms with Gasteiger partial charge in [0.2, 0.25) is 0 Å². The monoisotopic (exact) mass is 482 g/mol. The first kappa shape index (κ1) is 24.3. The van der Waals surface area contributed by atoms with E-state index in [1.165, 1.54) is 12.0 Å². The van der Waals surface area contributed by atoms with Crippen molar-refractivity contribution < 1.29 is 14.6 Å². The molecule has 0 saturated carbocycles.